The molecule has 3 fully saturated rings. The fourth-order valence-corrected chi connectivity index (χ4v) is 9.56. The lowest BCUT2D eigenvalue weighted by atomic mass is 9.55. The summed E-state index contributed by atoms with van der Waals surface area (Å²) in [5.41, 5.74) is -1.11. The van der Waals surface area contributed by atoms with Crippen molar-refractivity contribution in [2.75, 3.05) is 39.3 Å². The molecule has 5 aliphatic rings. The maximum atomic E-state index is 15.5. The zero-order valence-electron chi connectivity index (χ0n) is 25.0. The third-order valence-electron chi connectivity index (χ3n) is 10.0. The van der Waals surface area contributed by atoms with Crippen LogP contribution in [0.5, 0.6) is 11.5 Å². The number of carbonyl (C=O) groups excluding carboxylic acids is 3. The molecule has 7 rings (SSSR count). The minimum atomic E-state index is -1.78. The Morgan fingerprint density at radius 3 is 2.58 bits per heavy atom. The number of fused-ring (bicyclic) bond motifs is 2. The Bertz CT molecular complexity index is 1500. The number of rotatable bonds is 6. The van der Waals surface area contributed by atoms with Crippen LogP contribution in [0.3, 0.4) is 0 Å². The second-order valence-corrected chi connectivity index (χ2v) is 13.6. The molecule has 2 aromatic carbocycles. The van der Waals surface area contributed by atoms with Gasteiger partial charge in [-0.15, -0.1) is 11.8 Å². The Kier molecular flexibility index (Phi) is 6.63. The fourth-order valence-electron chi connectivity index (χ4n) is 8.28. The lowest BCUT2D eigenvalue weighted by Crippen LogP contribution is -2.76. The molecule has 228 valence electrons. The average molecular weight is 609 g/mol. The van der Waals surface area contributed by atoms with Gasteiger partial charge in [0.1, 0.15) is 16.5 Å². The van der Waals surface area contributed by atoms with E-state index in [0.29, 0.717) is 42.1 Å². The minimum Gasteiger partial charge on any atom is -0.493 e. The molecule has 2 saturated heterocycles. The van der Waals surface area contributed by atoms with Crippen molar-refractivity contribution in [2.24, 2.45) is 11.8 Å². The Labute approximate surface area is 254 Å². The van der Waals surface area contributed by atoms with E-state index in [1.165, 1.54) is 26.0 Å². The van der Waals surface area contributed by atoms with Gasteiger partial charge in [0.2, 0.25) is 5.72 Å². The molecule has 0 N–H and O–H groups in total. The maximum absolute atomic E-state index is 15.5. The van der Waals surface area contributed by atoms with E-state index in [-0.39, 0.29) is 17.5 Å². The number of esters is 1. The molecular formula is C32H36N2O8S. The number of nitrogens with zero attached hydrogens (tertiary/aromatic N) is 2. The van der Waals surface area contributed by atoms with Gasteiger partial charge in [-0.1, -0.05) is 36.4 Å². The van der Waals surface area contributed by atoms with Crippen LogP contribution in [0.2, 0.25) is 0 Å². The maximum Gasteiger partial charge on any atom is 0.304 e. The number of carbonyl (C=O) groups is 3. The topological polar surface area (TPSA) is 104 Å². The number of benzene rings is 2. The van der Waals surface area contributed by atoms with Gasteiger partial charge in [0, 0.05) is 25.7 Å². The van der Waals surface area contributed by atoms with Gasteiger partial charge in [-0.3, -0.25) is 19.3 Å². The summed E-state index contributed by atoms with van der Waals surface area (Å²) in [6.07, 6.45) is -1.17. The highest BCUT2D eigenvalue weighted by atomic mass is 32.2. The first-order valence-electron chi connectivity index (χ1n) is 14.7. The van der Waals surface area contributed by atoms with Gasteiger partial charge in [0.25, 0.3) is 12.2 Å². The number of hydrogen-bond acceptors (Lipinski definition) is 10. The van der Waals surface area contributed by atoms with Gasteiger partial charge in [0.05, 0.1) is 18.7 Å². The number of methoxy groups -OCH3 is 2. The van der Waals surface area contributed by atoms with Gasteiger partial charge in [-0.25, -0.2) is 0 Å². The van der Waals surface area contributed by atoms with E-state index in [4.69, 9.17) is 23.7 Å². The third-order valence-corrected chi connectivity index (χ3v) is 11.4. The Morgan fingerprint density at radius 2 is 1.88 bits per heavy atom. The molecule has 4 heterocycles. The summed E-state index contributed by atoms with van der Waals surface area (Å²) in [5, 5.41) is 0. The first-order valence-corrected chi connectivity index (χ1v) is 15.6. The molecular weight excluding hydrogens is 572 g/mol. The van der Waals surface area contributed by atoms with E-state index in [1.54, 1.807) is 17.8 Å². The smallest absolute Gasteiger partial charge is 0.304 e. The van der Waals surface area contributed by atoms with E-state index < -0.39 is 46.3 Å². The molecule has 1 spiro atoms. The summed E-state index contributed by atoms with van der Waals surface area (Å²) in [6, 6.07) is 13.6. The van der Waals surface area contributed by atoms with E-state index in [1.807, 2.05) is 38.2 Å². The molecule has 1 saturated carbocycles. The number of thioether (sulfide) groups is 1. The van der Waals surface area contributed by atoms with Crippen molar-refractivity contribution < 1.29 is 38.1 Å². The molecule has 0 radical (unpaired) electrons. The lowest BCUT2D eigenvalue weighted by Gasteiger charge is -2.54. The third kappa shape index (κ3) is 3.68. The Morgan fingerprint density at radius 1 is 1.12 bits per heavy atom. The van der Waals surface area contributed by atoms with Crippen molar-refractivity contribution in [3.05, 3.63) is 53.6 Å². The van der Waals surface area contributed by atoms with Crippen LogP contribution in [0.15, 0.2) is 42.5 Å². The van der Waals surface area contributed by atoms with Crippen LogP contribution in [-0.2, 0) is 39.8 Å². The highest BCUT2D eigenvalue weighted by Crippen LogP contribution is 2.71. The van der Waals surface area contributed by atoms with Gasteiger partial charge < -0.3 is 28.6 Å². The minimum absolute atomic E-state index is 0.0746. The SMILES string of the molecule is COc1ccc2c3c1OC(OC)C(=O)N3C1(OC(C)=O)C3OC(C)(SCc4ccccc4)C4C(=O)C21CCN(C)CCC43. The number of anilines is 1. The van der Waals surface area contributed by atoms with Crippen LogP contribution >= 0.6 is 11.8 Å². The van der Waals surface area contributed by atoms with E-state index in [2.05, 4.69) is 17.0 Å². The second kappa shape index (κ2) is 9.95. The quantitative estimate of drug-likeness (QED) is 0.453. The van der Waals surface area contributed by atoms with Crippen molar-refractivity contribution in [1.29, 1.82) is 0 Å². The molecule has 1 amide bonds. The van der Waals surface area contributed by atoms with Crippen LogP contribution in [0.4, 0.5) is 5.69 Å². The van der Waals surface area contributed by atoms with Gasteiger partial charge in [-0.05, 0) is 57.1 Å². The number of hydrogen-bond donors (Lipinski definition) is 0. The predicted octanol–water partition coefficient (Wildman–Crippen LogP) is 3.49. The first-order chi connectivity index (χ1) is 20.6. The summed E-state index contributed by atoms with van der Waals surface area (Å²) >= 11 is 1.59. The van der Waals surface area contributed by atoms with Crippen LogP contribution < -0.4 is 14.4 Å². The van der Waals surface area contributed by atoms with Crippen LogP contribution in [-0.4, -0.2) is 80.0 Å². The number of amides is 1. The second-order valence-electron chi connectivity index (χ2n) is 12.2. The van der Waals surface area contributed by atoms with Crippen molar-refractivity contribution in [2.45, 2.75) is 60.9 Å². The largest absolute Gasteiger partial charge is 0.493 e. The fraction of sp³-hybridized carbons (Fsp3) is 0.531. The highest BCUT2D eigenvalue weighted by Gasteiger charge is 2.84. The highest BCUT2D eigenvalue weighted by molar-refractivity contribution is 7.99. The number of ketones is 1. The van der Waals surface area contributed by atoms with Crippen LogP contribution in [0.1, 0.15) is 37.8 Å². The molecule has 4 bridgehead atoms. The zero-order valence-corrected chi connectivity index (χ0v) is 25.8. The summed E-state index contributed by atoms with van der Waals surface area (Å²) in [5.74, 6) is -0.765. The van der Waals surface area contributed by atoms with Crippen molar-refractivity contribution in [3.63, 3.8) is 0 Å². The monoisotopic (exact) mass is 608 g/mol. The van der Waals surface area contributed by atoms with Gasteiger partial charge in [0.15, 0.2) is 17.3 Å². The average Bonchev–Trinajstić information content (AvgIpc) is 3.44. The molecule has 1 aliphatic carbocycles. The van der Waals surface area contributed by atoms with Crippen molar-refractivity contribution >= 4 is 35.1 Å². The Balaban J connectivity index is 1.50. The zero-order chi connectivity index (χ0) is 30.3. The van der Waals surface area contributed by atoms with Crippen LogP contribution in [0, 0.1) is 11.8 Å². The van der Waals surface area contributed by atoms with Crippen LogP contribution in [0.25, 0.3) is 0 Å². The molecule has 10 nitrogen and oxygen atoms in total. The molecule has 0 aromatic heterocycles. The molecule has 43 heavy (non-hydrogen) atoms. The summed E-state index contributed by atoms with van der Waals surface area (Å²) < 4.78 is 30.8. The van der Waals surface area contributed by atoms with E-state index in [9.17, 15) is 9.59 Å². The predicted molar refractivity (Wildman–Crippen MR) is 158 cm³/mol. The number of ether oxygens (including phenoxy) is 5. The first kappa shape index (κ1) is 28.6. The van der Waals surface area contributed by atoms with Crippen molar-refractivity contribution in [3.8, 4) is 11.5 Å². The standard InChI is InChI=1S/C32H36N2O8S/c1-18(35)41-32-27-20-13-15-33(3)16-14-31(32,26(36)23(20)30(2,42-27)43-17-19-9-7-6-8-10-19)21-11-12-22(38-4)25-24(21)34(32)28(37)29(39-5)40-25/h6-12,20,23,27,29H,13-17H2,1-5H3. The summed E-state index contributed by atoms with van der Waals surface area (Å²) in [6.45, 7) is 4.58. The van der Waals surface area contributed by atoms with Gasteiger partial charge in [-0.2, -0.15) is 0 Å². The summed E-state index contributed by atoms with van der Waals surface area (Å²) in [7, 11) is 4.92. The molecule has 7 unspecified atom stereocenters. The van der Waals surface area contributed by atoms with E-state index >= 15 is 4.79 Å². The van der Waals surface area contributed by atoms with E-state index in [0.717, 1.165) is 12.1 Å². The van der Waals surface area contributed by atoms with Crippen molar-refractivity contribution in [1.82, 2.24) is 4.90 Å². The number of Topliss-reactive ketones (excluding diaryl/α,β-unsaturated/α-hetero) is 1. The molecule has 4 aliphatic heterocycles. The molecule has 11 heteroatoms. The van der Waals surface area contributed by atoms with Gasteiger partial charge >= 0.3 is 5.97 Å². The normalized spacial score (nSPS) is 35.9. The lowest BCUT2D eigenvalue weighted by molar-refractivity contribution is -0.204. The molecule has 2 aromatic rings. The summed E-state index contributed by atoms with van der Waals surface area (Å²) in [4.78, 5) is 45.8. The Hall–Kier alpha value is -3.12. The molecule has 7 atom stereocenters.